The van der Waals surface area contributed by atoms with E-state index in [9.17, 15) is 13.2 Å². The highest BCUT2D eigenvalue weighted by molar-refractivity contribution is 7.09. The van der Waals surface area contributed by atoms with Crippen molar-refractivity contribution >= 4 is 28.3 Å². The Kier molecular flexibility index (Phi) is 4.01. The second-order valence-corrected chi connectivity index (χ2v) is 5.63. The molecule has 0 spiro atoms. The summed E-state index contributed by atoms with van der Waals surface area (Å²) in [5.41, 5.74) is -0.00831. The summed E-state index contributed by atoms with van der Waals surface area (Å²) in [7, 11) is 0. The van der Waals surface area contributed by atoms with Crippen molar-refractivity contribution in [3.63, 3.8) is 0 Å². The fourth-order valence-electron chi connectivity index (χ4n) is 2.16. The molecule has 1 N–H and O–H groups in total. The van der Waals surface area contributed by atoms with Crippen molar-refractivity contribution in [2.24, 2.45) is 5.41 Å². The molecule has 0 bridgehead atoms. The van der Waals surface area contributed by atoms with Gasteiger partial charge in [0.2, 0.25) is 11.0 Å². The van der Waals surface area contributed by atoms with Crippen LogP contribution >= 0.6 is 23.1 Å². The lowest BCUT2D eigenvalue weighted by Gasteiger charge is -2.26. The van der Waals surface area contributed by atoms with Crippen molar-refractivity contribution in [1.29, 1.82) is 0 Å². The summed E-state index contributed by atoms with van der Waals surface area (Å²) >= 11 is 6.69. The average molecular weight is 300 g/mol. The van der Waals surface area contributed by atoms with Gasteiger partial charge in [0.1, 0.15) is 0 Å². The fraction of sp³-hybridized carbons (Fsp3) is 0.800. The highest BCUT2D eigenvalue weighted by Gasteiger charge is 2.37. The predicted octanol–water partition coefficient (Wildman–Crippen LogP) is 3.77. The van der Waals surface area contributed by atoms with Crippen molar-refractivity contribution in [2.75, 3.05) is 17.7 Å². The zero-order valence-corrected chi connectivity index (χ0v) is 11.1. The Bertz CT molecular complexity index is 401. The lowest BCUT2D eigenvalue weighted by molar-refractivity contribution is -0.144. The molecule has 0 amide bonds. The van der Waals surface area contributed by atoms with Crippen LogP contribution in [0, 0.1) is 5.41 Å². The summed E-state index contributed by atoms with van der Waals surface area (Å²) in [5.74, 6) is -0.563. The van der Waals surface area contributed by atoms with Crippen molar-refractivity contribution in [1.82, 2.24) is 9.36 Å². The van der Waals surface area contributed by atoms with Gasteiger partial charge >= 0.3 is 6.18 Å². The van der Waals surface area contributed by atoms with Gasteiger partial charge in [-0.25, -0.2) is 0 Å². The molecule has 0 atom stereocenters. The van der Waals surface area contributed by atoms with Crippen LogP contribution in [-0.4, -0.2) is 21.8 Å². The van der Waals surface area contributed by atoms with Gasteiger partial charge in [-0.05, 0) is 12.8 Å². The molecule has 1 heterocycles. The number of halogens is 4. The van der Waals surface area contributed by atoms with Crippen LogP contribution < -0.4 is 5.32 Å². The normalized spacial score (nSPS) is 19.1. The maximum atomic E-state index is 12.3. The van der Waals surface area contributed by atoms with Gasteiger partial charge in [-0.15, -0.1) is 11.6 Å². The van der Waals surface area contributed by atoms with Crippen molar-refractivity contribution < 1.29 is 13.2 Å². The van der Waals surface area contributed by atoms with Gasteiger partial charge in [-0.2, -0.15) is 22.5 Å². The first-order valence-electron chi connectivity index (χ1n) is 5.66. The quantitative estimate of drug-likeness (QED) is 0.860. The van der Waals surface area contributed by atoms with Crippen LogP contribution in [0.2, 0.25) is 0 Å². The number of nitrogens with zero attached hydrogens (tertiary/aromatic N) is 2. The van der Waals surface area contributed by atoms with Crippen molar-refractivity contribution in [3.8, 4) is 0 Å². The largest absolute Gasteiger partial charge is 0.452 e. The molecule has 1 aliphatic carbocycles. The first-order valence-corrected chi connectivity index (χ1v) is 6.97. The highest BCUT2D eigenvalue weighted by atomic mass is 35.5. The van der Waals surface area contributed by atoms with Crippen LogP contribution in [0.15, 0.2) is 0 Å². The van der Waals surface area contributed by atoms with Crippen LogP contribution in [0.25, 0.3) is 0 Å². The minimum Gasteiger partial charge on any atom is -0.360 e. The molecule has 1 aromatic rings. The number of hydrogen-bond donors (Lipinski definition) is 1. The van der Waals surface area contributed by atoms with Crippen LogP contribution in [0.4, 0.5) is 18.3 Å². The van der Waals surface area contributed by atoms with E-state index < -0.39 is 12.0 Å². The molecule has 1 fully saturated rings. The smallest absolute Gasteiger partial charge is 0.360 e. The predicted molar refractivity (Wildman–Crippen MR) is 65.0 cm³/mol. The van der Waals surface area contributed by atoms with Gasteiger partial charge < -0.3 is 5.32 Å². The number of anilines is 1. The van der Waals surface area contributed by atoms with E-state index in [0.29, 0.717) is 12.4 Å². The molecule has 0 radical (unpaired) electrons. The molecule has 8 heteroatoms. The zero-order valence-electron chi connectivity index (χ0n) is 9.56. The molecule has 2 rings (SSSR count). The fourth-order valence-corrected chi connectivity index (χ4v) is 3.10. The van der Waals surface area contributed by atoms with Crippen molar-refractivity contribution in [2.45, 2.75) is 31.9 Å². The minimum absolute atomic E-state index is 0.00831. The van der Waals surface area contributed by atoms with Gasteiger partial charge in [0.05, 0.1) is 0 Å². The first-order chi connectivity index (χ1) is 8.45. The summed E-state index contributed by atoms with van der Waals surface area (Å²) in [5, 5.41) is 3.14. The van der Waals surface area contributed by atoms with E-state index in [1.165, 1.54) is 0 Å². The third-order valence-corrected chi connectivity index (χ3v) is 4.48. The molecule has 1 aliphatic rings. The van der Waals surface area contributed by atoms with E-state index in [1.807, 2.05) is 0 Å². The molecule has 0 saturated heterocycles. The summed E-state index contributed by atoms with van der Waals surface area (Å²) in [6.07, 6.45) is -0.215. The standard InChI is InChI=1S/C10H13ClF3N3S/c11-5-9(3-1-2-4-9)6-15-8-16-7(17-18-8)10(12,13)14/h1-6H2,(H,15,16,17). The lowest BCUT2D eigenvalue weighted by Crippen LogP contribution is -2.28. The molecule has 102 valence electrons. The SMILES string of the molecule is FC(F)(F)c1nsc(NCC2(CCl)CCCC2)n1. The van der Waals surface area contributed by atoms with Gasteiger partial charge in [-0.1, -0.05) is 12.8 Å². The Hall–Kier alpha value is -0.560. The first kappa shape index (κ1) is 13.9. The Morgan fingerprint density at radius 1 is 1.33 bits per heavy atom. The summed E-state index contributed by atoms with van der Waals surface area (Å²) in [6.45, 7) is 0.559. The van der Waals surface area contributed by atoms with Crippen LogP contribution in [-0.2, 0) is 6.18 Å². The summed E-state index contributed by atoms with van der Waals surface area (Å²) in [6, 6.07) is 0. The molecular weight excluding hydrogens is 287 g/mol. The molecule has 1 aromatic heterocycles. The Labute approximate surface area is 112 Å². The lowest BCUT2D eigenvalue weighted by atomic mass is 9.89. The number of alkyl halides is 4. The molecule has 18 heavy (non-hydrogen) atoms. The number of rotatable bonds is 4. The van der Waals surface area contributed by atoms with Crippen molar-refractivity contribution in [3.05, 3.63) is 5.82 Å². The van der Waals surface area contributed by atoms with Gasteiger partial charge in [-0.3, -0.25) is 0 Å². The van der Waals surface area contributed by atoms with E-state index in [0.717, 1.165) is 37.2 Å². The Morgan fingerprint density at radius 2 is 2.00 bits per heavy atom. The second kappa shape index (κ2) is 5.21. The van der Waals surface area contributed by atoms with E-state index >= 15 is 0 Å². The van der Waals surface area contributed by atoms with Gasteiger partial charge in [0, 0.05) is 29.4 Å². The molecule has 3 nitrogen and oxygen atoms in total. The highest BCUT2D eigenvalue weighted by Crippen LogP contribution is 2.39. The van der Waals surface area contributed by atoms with E-state index in [1.54, 1.807) is 0 Å². The van der Waals surface area contributed by atoms with E-state index in [4.69, 9.17) is 11.6 Å². The number of nitrogens with one attached hydrogen (secondary N) is 1. The van der Waals surface area contributed by atoms with Crippen LogP contribution in [0.3, 0.4) is 0 Å². The van der Waals surface area contributed by atoms with Gasteiger partial charge in [0.15, 0.2) is 0 Å². The third kappa shape index (κ3) is 3.06. The molecular formula is C10H13ClF3N3S. The zero-order chi connectivity index (χ0) is 13.2. The van der Waals surface area contributed by atoms with Crippen LogP contribution in [0.5, 0.6) is 0 Å². The Balaban J connectivity index is 1.96. The van der Waals surface area contributed by atoms with Gasteiger partial charge in [0.25, 0.3) is 0 Å². The third-order valence-electron chi connectivity index (χ3n) is 3.24. The number of hydrogen-bond acceptors (Lipinski definition) is 4. The maximum Gasteiger partial charge on any atom is 0.452 e. The number of aromatic nitrogens is 2. The molecule has 0 unspecified atom stereocenters. The second-order valence-electron chi connectivity index (χ2n) is 4.62. The monoisotopic (exact) mass is 299 g/mol. The molecule has 0 aromatic carbocycles. The summed E-state index contributed by atoms with van der Waals surface area (Å²) < 4.78 is 40.2. The maximum absolute atomic E-state index is 12.3. The minimum atomic E-state index is -4.48. The van der Waals surface area contributed by atoms with E-state index in [-0.39, 0.29) is 10.5 Å². The average Bonchev–Trinajstić information content (AvgIpc) is 2.96. The molecule has 1 saturated carbocycles. The topological polar surface area (TPSA) is 37.8 Å². The van der Waals surface area contributed by atoms with E-state index in [2.05, 4.69) is 14.7 Å². The Morgan fingerprint density at radius 3 is 2.50 bits per heavy atom. The summed E-state index contributed by atoms with van der Waals surface area (Å²) in [4.78, 5) is 3.44. The van der Waals surface area contributed by atoms with Crippen LogP contribution in [0.1, 0.15) is 31.5 Å². The molecule has 0 aliphatic heterocycles.